The Bertz CT molecular complexity index is 368. The van der Waals surface area contributed by atoms with Gasteiger partial charge in [0.05, 0.1) is 10.9 Å². The van der Waals surface area contributed by atoms with Gasteiger partial charge in [-0.05, 0) is 24.3 Å². The summed E-state index contributed by atoms with van der Waals surface area (Å²) in [5, 5.41) is 2.45. The second-order valence-corrected chi connectivity index (χ2v) is 4.85. The fourth-order valence-electron chi connectivity index (χ4n) is 1.45. The molecule has 16 heavy (non-hydrogen) atoms. The third kappa shape index (κ3) is 3.23. The maximum Gasteiger partial charge on any atom is 0.237 e. The Balaban J connectivity index is 2.74. The zero-order chi connectivity index (χ0) is 12.1. The average molecular weight is 241 g/mol. The second kappa shape index (κ2) is 5.89. The van der Waals surface area contributed by atoms with E-state index in [4.69, 9.17) is 0 Å². The normalized spacial score (nSPS) is 12.6. The molecule has 0 saturated heterocycles. The summed E-state index contributed by atoms with van der Waals surface area (Å²) in [6.45, 7) is 3.95. The van der Waals surface area contributed by atoms with Crippen LogP contribution in [0.5, 0.6) is 0 Å². The van der Waals surface area contributed by atoms with E-state index in [2.05, 4.69) is 5.32 Å². The highest BCUT2D eigenvalue weighted by Crippen LogP contribution is 2.20. The van der Waals surface area contributed by atoms with Crippen molar-refractivity contribution in [2.24, 2.45) is 5.92 Å². The van der Waals surface area contributed by atoms with Crippen molar-refractivity contribution >= 4 is 23.4 Å². The van der Waals surface area contributed by atoms with Gasteiger partial charge in [-0.3, -0.25) is 4.79 Å². The number of hydrogen-bond acceptors (Lipinski definition) is 2. The molecule has 1 amide bonds. The summed E-state index contributed by atoms with van der Waals surface area (Å²) >= 11 is 1.48. The summed E-state index contributed by atoms with van der Waals surface area (Å²) < 4.78 is 13.3. The van der Waals surface area contributed by atoms with Gasteiger partial charge in [-0.1, -0.05) is 26.0 Å². The van der Waals surface area contributed by atoms with Gasteiger partial charge in [0.25, 0.3) is 0 Å². The lowest BCUT2D eigenvalue weighted by molar-refractivity contribution is -0.116. The first-order valence-corrected chi connectivity index (χ1v) is 6.43. The van der Waals surface area contributed by atoms with E-state index in [1.165, 1.54) is 17.8 Å². The minimum absolute atomic E-state index is 0.146. The number of hydrogen-bond donors (Lipinski definition) is 1. The van der Waals surface area contributed by atoms with Crippen molar-refractivity contribution in [3.05, 3.63) is 30.1 Å². The number of benzene rings is 1. The van der Waals surface area contributed by atoms with Gasteiger partial charge in [-0.15, -0.1) is 0 Å². The maximum atomic E-state index is 13.3. The average Bonchev–Trinajstić information content (AvgIpc) is 2.22. The molecule has 0 saturated carbocycles. The van der Waals surface area contributed by atoms with E-state index in [0.717, 1.165) is 0 Å². The van der Waals surface area contributed by atoms with Crippen LogP contribution in [0.3, 0.4) is 0 Å². The van der Waals surface area contributed by atoms with Gasteiger partial charge in [0, 0.05) is 0 Å². The summed E-state index contributed by atoms with van der Waals surface area (Å²) in [4.78, 5) is 11.8. The number of rotatable bonds is 4. The molecule has 1 atom stereocenters. The Morgan fingerprint density at radius 3 is 2.50 bits per heavy atom. The van der Waals surface area contributed by atoms with Crippen LogP contribution in [-0.2, 0) is 4.79 Å². The zero-order valence-electron chi connectivity index (χ0n) is 9.66. The van der Waals surface area contributed by atoms with Gasteiger partial charge < -0.3 is 5.32 Å². The summed E-state index contributed by atoms with van der Waals surface area (Å²) in [6.07, 6.45) is 1.88. The number of amides is 1. The molecule has 0 aliphatic rings. The quantitative estimate of drug-likeness (QED) is 0.877. The number of para-hydroxylation sites is 1. The van der Waals surface area contributed by atoms with Crippen molar-refractivity contribution < 1.29 is 9.18 Å². The number of nitrogens with one attached hydrogen (secondary N) is 1. The predicted molar refractivity (Wildman–Crippen MR) is 67.2 cm³/mol. The fourth-order valence-corrected chi connectivity index (χ4v) is 2.27. The van der Waals surface area contributed by atoms with E-state index in [0.29, 0.717) is 0 Å². The van der Waals surface area contributed by atoms with Crippen LogP contribution in [0.4, 0.5) is 10.1 Å². The van der Waals surface area contributed by atoms with Gasteiger partial charge in [0.2, 0.25) is 5.91 Å². The van der Waals surface area contributed by atoms with Crippen LogP contribution in [-0.4, -0.2) is 17.4 Å². The Kier molecular flexibility index (Phi) is 4.80. The van der Waals surface area contributed by atoms with E-state index in [-0.39, 0.29) is 22.8 Å². The molecule has 1 unspecified atom stereocenters. The van der Waals surface area contributed by atoms with Crippen LogP contribution in [0.15, 0.2) is 24.3 Å². The Morgan fingerprint density at radius 2 is 2.00 bits per heavy atom. The van der Waals surface area contributed by atoms with Gasteiger partial charge in [-0.2, -0.15) is 11.8 Å². The van der Waals surface area contributed by atoms with Crippen LogP contribution in [0.2, 0.25) is 0 Å². The molecule has 0 fully saturated rings. The fraction of sp³-hybridized carbons (Fsp3) is 0.417. The van der Waals surface area contributed by atoms with Crippen molar-refractivity contribution in [1.82, 2.24) is 0 Å². The van der Waals surface area contributed by atoms with Gasteiger partial charge in [0.15, 0.2) is 0 Å². The predicted octanol–water partition coefficient (Wildman–Crippen LogP) is 3.15. The van der Waals surface area contributed by atoms with E-state index in [1.54, 1.807) is 18.2 Å². The van der Waals surface area contributed by atoms with Crippen LogP contribution < -0.4 is 5.32 Å². The molecule has 2 nitrogen and oxygen atoms in total. The Labute approximate surface area is 99.6 Å². The van der Waals surface area contributed by atoms with E-state index < -0.39 is 5.82 Å². The minimum Gasteiger partial charge on any atom is -0.323 e. The highest BCUT2D eigenvalue weighted by atomic mass is 32.2. The summed E-state index contributed by atoms with van der Waals surface area (Å²) in [7, 11) is 0. The monoisotopic (exact) mass is 241 g/mol. The second-order valence-electron chi connectivity index (χ2n) is 3.87. The molecule has 0 aromatic heterocycles. The van der Waals surface area contributed by atoms with Crippen LogP contribution in [0.1, 0.15) is 13.8 Å². The largest absolute Gasteiger partial charge is 0.323 e. The molecule has 1 N–H and O–H groups in total. The summed E-state index contributed by atoms with van der Waals surface area (Å²) in [5.74, 6) is -0.325. The molecule has 0 aliphatic heterocycles. The molecular weight excluding hydrogens is 225 g/mol. The third-order valence-corrected chi connectivity index (χ3v) is 3.52. The van der Waals surface area contributed by atoms with Crippen LogP contribution in [0, 0.1) is 11.7 Å². The minimum atomic E-state index is -0.403. The SMILES string of the molecule is CSC(C(=O)Nc1ccccc1F)C(C)C. The van der Waals surface area contributed by atoms with Crippen molar-refractivity contribution in [3.8, 4) is 0 Å². The van der Waals surface area contributed by atoms with Crippen molar-refractivity contribution in [1.29, 1.82) is 0 Å². The van der Waals surface area contributed by atoms with Crippen LogP contribution >= 0.6 is 11.8 Å². The molecule has 1 rings (SSSR count). The molecule has 0 spiro atoms. The van der Waals surface area contributed by atoms with Gasteiger partial charge in [0.1, 0.15) is 5.82 Å². The van der Waals surface area contributed by atoms with Crippen molar-refractivity contribution in [2.45, 2.75) is 19.1 Å². The maximum absolute atomic E-state index is 13.3. The number of carbonyl (C=O) groups is 1. The smallest absolute Gasteiger partial charge is 0.237 e. The molecule has 1 aromatic carbocycles. The van der Waals surface area contributed by atoms with E-state index in [1.807, 2.05) is 20.1 Å². The lowest BCUT2D eigenvalue weighted by atomic mass is 10.1. The third-order valence-electron chi connectivity index (χ3n) is 2.25. The number of halogens is 1. The van der Waals surface area contributed by atoms with E-state index in [9.17, 15) is 9.18 Å². The first-order valence-electron chi connectivity index (χ1n) is 5.14. The highest BCUT2D eigenvalue weighted by Gasteiger charge is 2.21. The molecule has 4 heteroatoms. The summed E-state index contributed by atoms with van der Waals surface area (Å²) in [6, 6.07) is 6.19. The molecule has 88 valence electrons. The topological polar surface area (TPSA) is 29.1 Å². The Hall–Kier alpha value is -1.03. The van der Waals surface area contributed by atoms with Crippen molar-refractivity contribution in [3.63, 3.8) is 0 Å². The summed E-state index contributed by atoms with van der Waals surface area (Å²) in [5.41, 5.74) is 0.243. The van der Waals surface area contributed by atoms with E-state index >= 15 is 0 Å². The Morgan fingerprint density at radius 1 is 1.38 bits per heavy atom. The molecule has 0 radical (unpaired) electrons. The van der Waals surface area contributed by atoms with Gasteiger partial charge in [-0.25, -0.2) is 4.39 Å². The number of thioether (sulfide) groups is 1. The highest BCUT2D eigenvalue weighted by molar-refractivity contribution is 7.99. The molecule has 0 bridgehead atoms. The molecule has 0 aliphatic carbocycles. The number of anilines is 1. The first-order chi connectivity index (χ1) is 7.56. The first kappa shape index (κ1) is 13.0. The van der Waals surface area contributed by atoms with Crippen LogP contribution in [0.25, 0.3) is 0 Å². The molecule has 1 aromatic rings. The molecular formula is C12H16FNOS. The number of carbonyl (C=O) groups excluding carboxylic acids is 1. The molecule has 0 heterocycles. The lowest BCUT2D eigenvalue weighted by Crippen LogP contribution is -2.29. The van der Waals surface area contributed by atoms with Gasteiger partial charge >= 0.3 is 0 Å². The lowest BCUT2D eigenvalue weighted by Gasteiger charge is -2.18. The standard InChI is InChI=1S/C12H16FNOS/c1-8(2)11(16-3)12(15)14-10-7-5-4-6-9(10)13/h4-8,11H,1-3H3,(H,14,15). The zero-order valence-corrected chi connectivity index (χ0v) is 10.5. The van der Waals surface area contributed by atoms with Crippen molar-refractivity contribution in [2.75, 3.05) is 11.6 Å².